The number of aromatic hydroxyl groups is 2. The molecule has 3 aromatic carbocycles. The predicted molar refractivity (Wildman–Crippen MR) is 76.0 cm³/mol. The molecule has 22 heavy (non-hydrogen) atoms. The number of fused-ring (bicyclic) bond motifs is 2. The Morgan fingerprint density at radius 3 is 1.14 bits per heavy atom. The summed E-state index contributed by atoms with van der Waals surface area (Å²) in [5.41, 5.74) is -7.43. The molecule has 3 aromatic rings. The molecule has 108 valence electrons. The molecule has 0 unspecified atom stereocenters. The zero-order chi connectivity index (χ0) is 16.3. The van der Waals surface area contributed by atoms with Crippen LogP contribution < -0.4 is 32.6 Å². The van der Waals surface area contributed by atoms with Crippen molar-refractivity contribution in [2.24, 2.45) is 0 Å². The molecular formula is C14H4O8. The minimum atomic E-state index is -1.30. The van der Waals surface area contributed by atoms with Gasteiger partial charge in [-0.3, -0.25) is 28.8 Å². The largest absolute Gasteiger partial charge is 0.504 e. The summed E-state index contributed by atoms with van der Waals surface area (Å²) in [6, 6.07) is 0.894. The van der Waals surface area contributed by atoms with Crippen LogP contribution in [-0.2, 0) is 0 Å². The molecule has 3 rings (SSSR count). The van der Waals surface area contributed by atoms with Crippen molar-refractivity contribution < 1.29 is 10.2 Å². The number of phenolic OH excluding ortho intramolecular Hbond substituents is 2. The Morgan fingerprint density at radius 1 is 0.500 bits per heavy atom. The summed E-state index contributed by atoms with van der Waals surface area (Å²) in [5, 5.41) is 15.0. The Bertz CT molecular complexity index is 1190. The molecule has 0 saturated carbocycles. The maximum Gasteiger partial charge on any atom is 0.232 e. The molecular weight excluding hydrogens is 296 g/mol. The van der Waals surface area contributed by atoms with Gasteiger partial charge in [-0.05, 0) is 0 Å². The first-order valence-electron chi connectivity index (χ1n) is 5.83. The van der Waals surface area contributed by atoms with Crippen molar-refractivity contribution in [3.05, 3.63) is 73.5 Å². The molecule has 0 spiro atoms. The highest BCUT2D eigenvalue weighted by atomic mass is 16.3. The van der Waals surface area contributed by atoms with Crippen molar-refractivity contribution >= 4 is 21.5 Å². The van der Waals surface area contributed by atoms with Crippen LogP contribution in [0.1, 0.15) is 0 Å². The molecule has 2 N–H and O–H groups in total. The van der Waals surface area contributed by atoms with Crippen LogP contribution in [0.2, 0.25) is 0 Å². The number of hydrogen-bond acceptors (Lipinski definition) is 8. The Labute approximate surface area is 117 Å². The van der Waals surface area contributed by atoms with Crippen molar-refractivity contribution in [1.82, 2.24) is 0 Å². The third kappa shape index (κ3) is 1.46. The van der Waals surface area contributed by atoms with Crippen molar-refractivity contribution in [2.45, 2.75) is 0 Å². The first kappa shape index (κ1) is 13.6. The van der Waals surface area contributed by atoms with Crippen LogP contribution in [0.15, 0.2) is 40.9 Å². The standard InChI is InChI=1S/C14H4O8/c15-3-1-5(17)11(19)9-7(3)13(21)10-8(14(9)22)4(16)2-6(18)12(10)20/h1-2,17-18H. The highest BCUT2D eigenvalue weighted by Gasteiger charge is 2.22. The first-order chi connectivity index (χ1) is 10.3. The van der Waals surface area contributed by atoms with E-state index in [-0.39, 0.29) is 0 Å². The van der Waals surface area contributed by atoms with E-state index in [9.17, 15) is 39.0 Å². The van der Waals surface area contributed by atoms with Crippen molar-refractivity contribution in [3.8, 4) is 11.5 Å². The average Bonchev–Trinajstić information content (AvgIpc) is 2.44. The molecule has 0 aliphatic carbocycles. The van der Waals surface area contributed by atoms with Gasteiger partial charge in [-0.25, -0.2) is 0 Å². The molecule has 0 atom stereocenters. The Morgan fingerprint density at radius 2 is 0.818 bits per heavy atom. The highest BCUT2D eigenvalue weighted by Crippen LogP contribution is 2.08. The predicted octanol–water partition coefficient (Wildman–Crippen LogP) is -2.12. The second-order valence-electron chi connectivity index (χ2n) is 4.60. The van der Waals surface area contributed by atoms with E-state index < -0.39 is 65.6 Å². The van der Waals surface area contributed by atoms with E-state index in [1.807, 2.05) is 0 Å². The Balaban J connectivity index is 3.01. The van der Waals surface area contributed by atoms with Gasteiger partial charge >= 0.3 is 0 Å². The van der Waals surface area contributed by atoms with Gasteiger partial charge in [0.25, 0.3) is 0 Å². The summed E-state index contributed by atoms with van der Waals surface area (Å²) < 4.78 is 0. The molecule has 0 saturated heterocycles. The first-order valence-corrected chi connectivity index (χ1v) is 5.83. The quantitative estimate of drug-likeness (QED) is 0.448. The normalized spacial score (nSPS) is 11.3. The summed E-state index contributed by atoms with van der Waals surface area (Å²) in [6.07, 6.45) is 0. The van der Waals surface area contributed by atoms with Crippen LogP contribution in [0.3, 0.4) is 0 Å². The van der Waals surface area contributed by atoms with Crippen LogP contribution >= 0.6 is 0 Å². The molecule has 8 heteroatoms. The zero-order valence-corrected chi connectivity index (χ0v) is 10.5. The van der Waals surface area contributed by atoms with Crippen LogP contribution in [0.25, 0.3) is 21.5 Å². The topological polar surface area (TPSA) is 143 Å². The monoisotopic (exact) mass is 300 g/mol. The summed E-state index contributed by atoms with van der Waals surface area (Å²) in [5.74, 6) is -2.08. The minimum absolute atomic E-state index is 0.447. The lowest BCUT2D eigenvalue weighted by molar-refractivity contribution is 0.470. The van der Waals surface area contributed by atoms with E-state index in [0.717, 1.165) is 0 Å². The molecule has 0 aliphatic rings. The van der Waals surface area contributed by atoms with E-state index in [2.05, 4.69) is 0 Å². The second kappa shape index (κ2) is 4.04. The van der Waals surface area contributed by atoms with E-state index in [0.29, 0.717) is 12.1 Å². The Kier molecular flexibility index (Phi) is 2.49. The minimum Gasteiger partial charge on any atom is -0.504 e. The van der Waals surface area contributed by atoms with Gasteiger partial charge in [0.05, 0.1) is 21.5 Å². The lowest BCUT2D eigenvalue weighted by Crippen LogP contribution is -2.31. The molecule has 0 heterocycles. The smallest absolute Gasteiger partial charge is 0.232 e. The maximum absolute atomic E-state index is 12.2. The zero-order valence-electron chi connectivity index (χ0n) is 10.5. The van der Waals surface area contributed by atoms with Crippen molar-refractivity contribution in [2.75, 3.05) is 0 Å². The van der Waals surface area contributed by atoms with Gasteiger partial charge in [-0.1, -0.05) is 0 Å². The molecule has 0 radical (unpaired) electrons. The third-order valence-electron chi connectivity index (χ3n) is 3.36. The SMILES string of the molecule is O=c1cc(O)c(=O)c2c(=O)c3c(=O)cc(O)c(=O)c3c(=O)c12. The number of hydrogen-bond donors (Lipinski definition) is 2. The molecule has 0 aliphatic heterocycles. The van der Waals surface area contributed by atoms with E-state index in [4.69, 9.17) is 0 Å². The third-order valence-corrected chi connectivity index (χ3v) is 3.36. The van der Waals surface area contributed by atoms with Gasteiger partial charge < -0.3 is 10.2 Å². The van der Waals surface area contributed by atoms with Crippen LogP contribution in [0.4, 0.5) is 0 Å². The fraction of sp³-hybridized carbons (Fsp3) is 0. The van der Waals surface area contributed by atoms with E-state index in [1.54, 1.807) is 0 Å². The van der Waals surface area contributed by atoms with Crippen LogP contribution in [0, 0.1) is 0 Å². The number of rotatable bonds is 0. The summed E-state index contributed by atoms with van der Waals surface area (Å²) >= 11 is 0. The summed E-state index contributed by atoms with van der Waals surface area (Å²) in [4.78, 5) is 71.6. The molecule has 8 nitrogen and oxygen atoms in total. The summed E-state index contributed by atoms with van der Waals surface area (Å²) in [7, 11) is 0. The molecule has 0 amide bonds. The highest BCUT2D eigenvalue weighted by molar-refractivity contribution is 5.98. The molecule has 0 aromatic heterocycles. The lowest BCUT2D eigenvalue weighted by atomic mass is 10.0. The van der Waals surface area contributed by atoms with E-state index in [1.165, 1.54) is 0 Å². The van der Waals surface area contributed by atoms with Crippen LogP contribution in [-0.4, -0.2) is 10.2 Å². The van der Waals surface area contributed by atoms with Gasteiger partial charge in [-0.2, -0.15) is 0 Å². The van der Waals surface area contributed by atoms with Gasteiger partial charge in [0.2, 0.25) is 21.7 Å². The van der Waals surface area contributed by atoms with E-state index >= 15 is 0 Å². The Hall–Kier alpha value is -3.42. The van der Waals surface area contributed by atoms with Gasteiger partial charge in [0.15, 0.2) is 22.4 Å². The maximum atomic E-state index is 12.2. The average molecular weight is 300 g/mol. The van der Waals surface area contributed by atoms with Crippen molar-refractivity contribution in [3.63, 3.8) is 0 Å². The molecule has 0 bridgehead atoms. The molecule has 0 fully saturated rings. The lowest BCUT2D eigenvalue weighted by Gasteiger charge is -1.99. The van der Waals surface area contributed by atoms with Gasteiger partial charge in [-0.15, -0.1) is 0 Å². The second-order valence-corrected chi connectivity index (χ2v) is 4.60. The fourth-order valence-electron chi connectivity index (χ4n) is 2.39. The number of benzene rings is 3. The van der Waals surface area contributed by atoms with Gasteiger partial charge in [0.1, 0.15) is 0 Å². The summed E-state index contributed by atoms with van der Waals surface area (Å²) in [6.45, 7) is 0. The number of phenols is 2. The van der Waals surface area contributed by atoms with Gasteiger partial charge in [0, 0.05) is 12.1 Å². The van der Waals surface area contributed by atoms with Crippen molar-refractivity contribution in [1.29, 1.82) is 0 Å². The fourth-order valence-corrected chi connectivity index (χ4v) is 2.39. The van der Waals surface area contributed by atoms with Crippen LogP contribution in [0.5, 0.6) is 11.5 Å².